The zero-order chi connectivity index (χ0) is 14.7. The maximum atomic E-state index is 12.3. The van der Waals surface area contributed by atoms with Gasteiger partial charge >= 0.3 is 12.0 Å². The maximum absolute atomic E-state index is 12.3. The molecular formula is C13H22N2O5. The van der Waals surface area contributed by atoms with Crippen molar-refractivity contribution in [1.82, 2.24) is 10.2 Å². The molecule has 114 valence electrons. The lowest BCUT2D eigenvalue weighted by molar-refractivity contribution is -0.142. The van der Waals surface area contributed by atoms with Crippen LogP contribution in [0.1, 0.15) is 32.6 Å². The van der Waals surface area contributed by atoms with E-state index in [0.717, 1.165) is 25.7 Å². The molecule has 2 unspecified atom stereocenters. The summed E-state index contributed by atoms with van der Waals surface area (Å²) in [5, 5.41) is 20.8. The number of hydrogen-bond acceptors (Lipinski definition) is 4. The lowest BCUT2D eigenvalue weighted by Crippen LogP contribution is -2.60. The molecule has 0 aromatic carbocycles. The standard InChI is InChI=1S/C13H22N2O5/c1-8(16)11(12(17)18)14-13(19)15-6-7-20-10-5-3-2-4-9(10)15/h8-11,16H,2-7H2,1H3,(H,14,19)(H,17,18)/t8-,9?,10?,11+/m1/s1. The summed E-state index contributed by atoms with van der Waals surface area (Å²) in [6.45, 7) is 2.28. The molecule has 0 radical (unpaired) electrons. The predicted molar refractivity (Wildman–Crippen MR) is 70.3 cm³/mol. The van der Waals surface area contributed by atoms with Gasteiger partial charge in [0, 0.05) is 6.54 Å². The number of amides is 2. The van der Waals surface area contributed by atoms with Crippen molar-refractivity contribution in [3.8, 4) is 0 Å². The molecule has 0 bridgehead atoms. The molecular weight excluding hydrogens is 264 g/mol. The Kier molecular flexibility index (Phi) is 4.82. The van der Waals surface area contributed by atoms with E-state index in [-0.39, 0.29) is 12.1 Å². The Hall–Kier alpha value is -1.34. The first kappa shape index (κ1) is 15.1. The molecule has 7 heteroatoms. The zero-order valence-corrected chi connectivity index (χ0v) is 11.6. The van der Waals surface area contributed by atoms with E-state index in [1.807, 2.05) is 0 Å². The van der Waals surface area contributed by atoms with Crippen molar-refractivity contribution in [2.75, 3.05) is 13.2 Å². The Morgan fingerprint density at radius 3 is 2.70 bits per heavy atom. The summed E-state index contributed by atoms with van der Waals surface area (Å²) in [4.78, 5) is 24.9. The number of aliphatic carboxylic acids is 1. The number of carbonyl (C=O) groups excluding carboxylic acids is 1. The van der Waals surface area contributed by atoms with E-state index >= 15 is 0 Å². The first-order valence-electron chi connectivity index (χ1n) is 7.10. The Bertz CT molecular complexity index is 372. The normalized spacial score (nSPS) is 29.2. The van der Waals surface area contributed by atoms with Crippen LogP contribution >= 0.6 is 0 Å². The van der Waals surface area contributed by atoms with Crippen LogP contribution in [-0.4, -0.2) is 64.6 Å². The minimum atomic E-state index is -1.28. The number of urea groups is 1. The van der Waals surface area contributed by atoms with E-state index in [1.54, 1.807) is 4.90 Å². The summed E-state index contributed by atoms with van der Waals surface area (Å²) in [5.41, 5.74) is 0. The highest BCUT2D eigenvalue weighted by Crippen LogP contribution is 2.28. The number of morpholine rings is 1. The van der Waals surface area contributed by atoms with Gasteiger partial charge in [0.15, 0.2) is 6.04 Å². The molecule has 3 N–H and O–H groups in total. The summed E-state index contributed by atoms with van der Waals surface area (Å²) < 4.78 is 5.67. The van der Waals surface area contributed by atoms with Crippen molar-refractivity contribution in [3.05, 3.63) is 0 Å². The molecule has 7 nitrogen and oxygen atoms in total. The van der Waals surface area contributed by atoms with Gasteiger partial charge in [-0.25, -0.2) is 9.59 Å². The van der Waals surface area contributed by atoms with Crippen LogP contribution in [-0.2, 0) is 9.53 Å². The average molecular weight is 286 g/mol. The van der Waals surface area contributed by atoms with Gasteiger partial charge in [0.05, 0.1) is 24.9 Å². The van der Waals surface area contributed by atoms with Crippen LogP contribution < -0.4 is 5.32 Å². The molecule has 0 spiro atoms. The van der Waals surface area contributed by atoms with E-state index in [9.17, 15) is 14.7 Å². The highest BCUT2D eigenvalue weighted by molar-refractivity contribution is 5.83. The van der Waals surface area contributed by atoms with Crippen LogP contribution in [0.4, 0.5) is 4.79 Å². The van der Waals surface area contributed by atoms with Crippen molar-refractivity contribution >= 4 is 12.0 Å². The average Bonchev–Trinajstić information content (AvgIpc) is 2.43. The zero-order valence-electron chi connectivity index (χ0n) is 11.6. The number of nitrogens with one attached hydrogen (secondary N) is 1. The highest BCUT2D eigenvalue weighted by atomic mass is 16.5. The van der Waals surface area contributed by atoms with Gasteiger partial charge in [0.1, 0.15) is 0 Å². The fourth-order valence-corrected chi connectivity index (χ4v) is 2.95. The maximum Gasteiger partial charge on any atom is 0.328 e. The molecule has 2 fully saturated rings. The van der Waals surface area contributed by atoms with Gasteiger partial charge in [-0.3, -0.25) is 0 Å². The predicted octanol–water partition coefficient (Wildman–Crippen LogP) is 0.173. The molecule has 1 heterocycles. The van der Waals surface area contributed by atoms with Gasteiger partial charge in [-0.2, -0.15) is 0 Å². The first-order chi connectivity index (χ1) is 9.50. The van der Waals surface area contributed by atoms with Crippen LogP contribution in [0.2, 0.25) is 0 Å². The van der Waals surface area contributed by atoms with Gasteiger partial charge in [0.25, 0.3) is 0 Å². The van der Waals surface area contributed by atoms with E-state index in [2.05, 4.69) is 5.32 Å². The van der Waals surface area contributed by atoms with Crippen molar-refractivity contribution in [2.24, 2.45) is 0 Å². The molecule has 2 aliphatic rings. The lowest BCUT2D eigenvalue weighted by atomic mass is 9.90. The third kappa shape index (κ3) is 3.21. The smallest absolute Gasteiger partial charge is 0.328 e. The number of nitrogens with zero attached hydrogens (tertiary/aromatic N) is 1. The number of aliphatic hydroxyl groups excluding tert-OH is 1. The Balaban J connectivity index is 2.01. The number of ether oxygens (including phenoxy) is 1. The van der Waals surface area contributed by atoms with Crippen molar-refractivity contribution in [3.63, 3.8) is 0 Å². The molecule has 20 heavy (non-hydrogen) atoms. The number of rotatable bonds is 3. The topological polar surface area (TPSA) is 99.1 Å². The number of aliphatic hydroxyl groups is 1. The van der Waals surface area contributed by atoms with Gasteiger partial charge in [-0.05, 0) is 19.8 Å². The summed E-state index contributed by atoms with van der Waals surface area (Å²) in [5.74, 6) is -1.23. The third-order valence-electron chi connectivity index (χ3n) is 4.02. The van der Waals surface area contributed by atoms with Crippen LogP contribution in [0, 0.1) is 0 Å². The van der Waals surface area contributed by atoms with E-state index in [1.165, 1.54) is 6.92 Å². The molecule has 2 rings (SSSR count). The quantitative estimate of drug-likeness (QED) is 0.687. The number of carboxylic acid groups (broad SMARTS) is 1. The first-order valence-corrected chi connectivity index (χ1v) is 7.10. The second-order valence-corrected chi connectivity index (χ2v) is 5.46. The van der Waals surface area contributed by atoms with E-state index in [0.29, 0.717) is 13.2 Å². The van der Waals surface area contributed by atoms with Gasteiger partial charge in [0.2, 0.25) is 0 Å². The van der Waals surface area contributed by atoms with Gasteiger partial charge in [-0.1, -0.05) is 12.8 Å². The Morgan fingerprint density at radius 2 is 2.05 bits per heavy atom. The van der Waals surface area contributed by atoms with Crippen molar-refractivity contribution < 1.29 is 24.5 Å². The summed E-state index contributed by atoms with van der Waals surface area (Å²) in [6, 6.07) is -1.70. The molecule has 1 saturated heterocycles. The van der Waals surface area contributed by atoms with Crippen molar-refractivity contribution in [1.29, 1.82) is 0 Å². The number of hydrogen-bond donors (Lipinski definition) is 3. The fraction of sp³-hybridized carbons (Fsp3) is 0.846. The molecule has 1 aliphatic carbocycles. The largest absolute Gasteiger partial charge is 0.480 e. The highest BCUT2D eigenvalue weighted by Gasteiger charge is 2.38. The number of carboxylic acids is 1. The summed E-state index contributed by atoms with van der Waals surface area (Å²) in [6.07, 6.45) is 2.88. The molecule has 4 atom stereocenters. The van der Waals surface area contributed by atoms with Gasteiger partial charge < -0.3 is 25.2 Å². The molecule has 1 saturated carbocycles. The molecule has 0 aromatic rings. The van der Waals surface area contributed by atoms with E-state index < -0.39 is 24.1 Å². The van der Waals surface area contributed by atoms with Crippen molar-refractivity contribution in [2.45, 2.75) is 56.9 Å². The SMILES string of the molecule is C[C@@H](O)[C@H](NC(=O)N1CCOC2CCCCC21)C(=O)O. The third-order valence-corrected chi connectivity index (χ3v) is 4.02. The van der Waals surface area contributed by atoms with E-state index in [4.69, 9.17) is 9.84 Å². The van der Waals surface area contributed by atoms with Gasteiger partial charge in [-0.15, -0.1) is 0 Å². The molecule has 1 aliphatic heterocycles. The summed E-state index contributed by atoms with van der Waals surface area (Å²) >= 11 is 0. The minimum absolute atomic E-state index is 0.0148. The Morgan fingerprint density at radius 1 is 1.35 bits per heavy atom. The molecule has 0 aromatic heterocycles. The second kappa shape index (κ2) is 6.41. The van der Waals surface area contributed by atoms with Crippen LogP contribution in [0.5, 0.6) is 0 Å². The molecule has 2 amide bonds. The fourth-order valence-electron chi connectivity index (χ4n) is 2.95. The monoisotopic (exact) mass is 286 g/mol. The minimum Gasteiger partial charge on any atom is -0.480 e. The lowest BCUT2D eigenvalue weighted by Gasteiger charge is -2.44. The summed E-state index contributed by atoms with van der Waals surface area (Å²) in [7, 11) is 0. The van der Waals surface area contributed by atoms with Crippen LogP contribution in [0.15, 0.2) is 0 Å². The number of carbonyl (C=O) groups is 2. The van der Waals surface area contributed by atoms with Crippen LogP contribution in [0.25, 0.3) is 0 Å². The Labute approximate surface area is 117 Å². The second-order valence-electron chi connectivity index (χ2n) is 5.46. The number of fused-ring (bicyclic) bond motifs is 1. The van der Waals surface area contributed by atoms with Crippen LogP contribution in [0.3, 0.4) is 0 Å².